The zero-order valence-electron chi connectivity index (χ0n) is 12.7. The number of anilines is 1. The summed E-state index contributed by atoms with van der Waals surface area (Å²) in [7, 11) is 0. The quantitative estimate of drug-likeness (QED) is 0.564. The highest BCUT2D eigenvalue weighted by atomic mass is 35.5. The summed E-state index contributed by atoms with van der Waals surface area (Å²) in [6.07, 6.45) is 1.03. The Balaban J connectivity index is 1.83. The van der Waals surface area contributed by atoms with Crippen LogP contribution in [0.15, 0.2) is 6.20 Å². The van der Waals surface area contributed by atoms with Crippen LogP contribution in [0, 0.1) is 11.3 Å². The van der Waals surface area contributed by atoms with Gasteiger partial charge in [-0.1, -0.05) is 23.2 Å². The molecule has 1 amide bonds. The predicted molar refractivity (Wildman–Crippen MR) is 93.1 cm³/mol. The third kappa shape index (κ3) is 3.63. The van der Waals surface area contributed by atoms with Crippen LogP contribution in [0.3, 0.4) is 0 Å². The summed E-state index contributed by atoms with van der Waals surface area (Å²) in [5.41, 5.74) is 0.424. The number of halogens is 3. The first-order valence-corrected chi connectivity index (χ1v) is 8.35. The summed E-state index contributed by atoms with van der Waals surface area (Å²) in [6.45, 7) is 1.58. The number of nitriles is 1. The van der Waals surface area contributed by atoms with Crippen molar-refractivity contribution in [3.63, 3.8) is 0 Å². The zero-order valence-corrected chi connectivity index (χ0v) is 15.0. The van der Waals surface area contributed by atoms with Gasteiger partial charge in [0.2, 0.25) is 5.28 Å². The molecule has 3 heterocycles. The van der Waals surface area contributed by atoms with Gasteiger partial charge in [-0.2, -0.15) is 10.2 Å². The normalized spacial score (nSPS) is 14.5. The van der Waals surface area contributed by atoms with Gasteiger partial charge in [-0.15, -0.1) is 0 Å². The Morgan fingerprint density at radius 3 is 2.64 bits per heavy atom. The molecule has 0 N–H and O–H groups in total. The molecule has 0 bridgehead atoms. The number of piperazine rings is 1. The summed E-state index contributed by atoms with van der Waals surface area (Å²) in [5.74, 6) is 0.575. The van der Waals surface area contributed by atoms with Crippen molar-refractivity contribution in [3.8, 4) is 6.07 Å². The van der Waals surface area contributed by atoms with Gasteiger partial charge in [-0.25, -0.2) is 14.8 Å². The van der Waals surface area contributed by atoms with E-state index in [0.29, 0.717) is 42.9 Å². The first-order chi connectivity index (χ1) is 12.0. The molecule has 0 saturated carbocycles. The lowest BCUT2D eigenvalue weighted by atomic mass is 10.2. The maximum Gasteiger partial charge on any atom is 0.410 e. The van der Waals surface area contributed by atoms with E-state index in [0.717, 1.165) is 0 Å². The first-order valence-electron chi connectivity index (χ1n) is 7.22. The highest BCUT2D eigenvalue weighted by Crippen LogP contribution is 2.33. The lowest BCUT2D eigenvalue weighted by Gasteiger charge is -2.35. The summed E-state index contributed by atoms with van der Waals surface area (Å²) >= 11 is 18.1. The lowest BCUT2D eigenvalue weighted by Crippen LogP contribution is -2.49. The maximum atomic E-state index is 11.8. The number of amides is 1. The smallest absolute Gasteiger partial charge is 0.410 e. The predicted octanol–water partition coefficient (Wildman–Crippen LogP) is 2.77. The van der Waals surface area contributed by atoms with Gasteiger partial charge in [0.15, 0.2) is 6.61 Å². The molecule has 0 radical (unpaired) electrons. The van der Waals surface area contributed by atoms with Gasteiger partial charge < -0.3 is 14.5 Å². The second kappa shape index (κ2) is 7.44. The molecule has 1 aliphatic rings. The molecular weight excluding hydrogens is 391 g/mol. The molecule has 8 nitrogen and oxygen atoms in total. The van der Waals surface area contributed by atoms with Crippen LogP contribution in [0.2, 0.25) is 15.5 Å². The Morgan fingerprint density at radius 1 is 1.24 bits per heavy atom. The Labute approximate surface area is 157 Å². The summed E-state index contributed by atoms with van der Waals surface area (Å²) < 4.78 is 4.81. The third-order valence-corrected chi connectivity index (χ3v) is 4.60. The molecule has 0 aromatic carbocycles. The summed E-state index contributed by atoms with van der Waals surface area (Å²) in [4.78, 5) is 27.7. The largest absolute Gasteiger partial charge is 0.434 e. The van der Waals surface area contributed by atoms with Crippen LogP contribution >= 0.6 is 34.8 Å². The summed E-state index contributed by atoms with van der Waals surface area (Å²) in [5, 5.41) is 9.48. The fourth-order valence-electron chi connectivity index (χ4n) is 2.52. The molecule has 0 atom stereocenters. The van der Waals surface area contributed by atoms with Gasteiger partial charge in [0.1, 0.15) is 27.6 Å². The molecule has 130 valence electrons. The molecule has 2 aromatic rings. The highest BCUT2D eigenvalue weighted by Gasteiger charge is 2.25. The second-order valence-electron chi connectivity index (χ2n) is 5.13. The van der Waals surface area contributed by atoms with Crippen LogP contribution in [-0.2, 0) is 4.74 Å². The molecule has 25 heavy (non-hydrogen) atoms. The van der Waals surface area contributed by atoms with Gasteiger partial charge in [0, 0.05) is 32.4 Å². The molecule has 0 unspecified atom stereocenters. The van der Waals surface area contributed by atoms with E-state index in [1.54, 1.807) is 12.3 Å². The van der Waals surface area contributed by atoms with Crippen LogP contribution in [0.25, 0.3) is 10.9 Å². The number of fused-ring (bicyclic) bond motifs is 1. The number of rotatable bonds is 2. The number of hydrogen-bond donors (Lipinski definition) is 0. The minimum Gasteiger partial charge on any atom is -0.434 e. The lowest BCUT2D eigenvalue weighted by molar-refractivity contribution is 0.111. The topological polar surface area (TPSA) is 95.2 Å². The fraction of sp³-hybridized carbons (Fsp3) is 0.357. The first kappa shape index (κ1) is 17.7. The number of aromatic nitrogens is 3. The Morgan fingerprint density at radius 2 is 1.96 bits per heavy atom. The van der Waals surface area contributed by atoms with E-state index >= 15 is 0 Å². The Hall–Kier alpha value is -2.08. The zero-order chi connectivity index (χ0) is 18.0. The summed E-state index contributed by atoms with van der Waals surface area (Å²) in [6, 6.07) is 1.77. The number of nitrogens with zero attached hydrogens (tertiary/aromatic N) is 6. The van der Waals surface area contributed by atoms with Crippen molar-refractivity contribution in [3.05, 3.63) is 21.7 Å². The molecule has 1 fully saturated rings. The van der Waals surface area contributed by atoms with Crippen molar-refractivity contribution in [1.82, 2.24) is 19.9 Å². The Kier molecular flexibility index (Phi) is 5.27. The van der Waals surface area contributed by atoms with E-state index in [4.69, 9.17) is 44.8 Å². The van der Waals surface area contributed by atoms with Gasteiger partial charge >= 0.3 is 6.09 Å². The van der Waals surface area contributed by atoms with Gasteiger partial charge in [-0.3, -0.25) is 0 Å². The minimum absolute atomic E-state index is 0.0440. The van der Waals surface area contributed by atoms with E-state index in [1.807, 2.05) is 4.90 Å². The van der Waals surface area contributed by atoms with Crippen LogP contribution in [0.1, 0.15) is 0 Å². The highest BCUT2D eigenvalue weighted by molar-refractivity contribution is 6.44. The van der Waals surface area contributed by atoms with Gasteiger partial charge in [-0.05, 0) is 11.6 Å². The number of carbonyl (C=O) groups is 1. The van der Waals surface area contributed by atoms with Crippen LogP contribution < -0.4 is 4.90 Å². The molecule has 3 rings (SSSR count). The molecule has 0 spiro atoms. The average molecular weight is 402 g/mol. The average Bonchev–Trinajstić information content (AvgIpc) is 2.62. The van der Waals surface area contributed by atoms with Crippen molar-refractivity contribution < 1.29 is 9.53 Å². The third-order valence-electron chi connectivity index (χ3n) is 3.69. The van der Waals surface area contributed by atoms with Crippen molar-refractivity contribution in [2.24, 2.45) is 0 Å². The molecule has 1 aliphatic heterocycles. The van der Waals surface area contributed by atoms with Crippen LogP contribution in [-0.4, -0.2) is 58.7 Å². The molecular formula is C14H11Cl3N6O2. The molecule has 2 aromatic heterocycles. The number of carbonyl (C=O) groups excluding carboxylic acids is 1. The van der Waals surface area contributed by atoms with E-state index in [1.165, 1.54) is 4.90 Å². The minimum atomic E-state index is -0.511. The number of pyridine rings is 1. The van der Waals surface area contributed by atoms with E-state index < -0.39 is 6.09 Å². The van der Waals surface area contributed by atoms with E-state index in [9.17, 15) is 4.79 Å². The molecule has 0 aliphatic carbocycles. The van der Waals surface area contributed by atoms with Gasteiger partial charge in [0.05, 0.1) is 5.39 Å². The maximum absolute atomic E-state index is 11.8. The van der Waals surface area contributed by atoms with Crippen LogP contribution in [0.5, 0.6) is 0 Å². The standard InChI is InChI=1S/C14H11Cl3N6O2/c15-9-10-8(7-19-11(9)16)12(21-13(17)20-10)22-2-4-23(5-3-22)14(24)25-6-1-18/h7H,2-6H2. The monoisotopic (exact) mass is 400 g/mol. The fourth-order valence-corrected chi connectivity index (χ4v) is 3.02. The van der Waals surface area contributed by atoms with E-state index in [2.05, 4.69) is 15.0 Å². The Bertz CT molecular complexity index is 864. The van der Waals surface area contributed by atoms with Gasteiger partial charge in [0.25, 0.3) is 0 Å². The van der Waals surface area contributed by atoms with Crippen molar-refractivity contribution in [2.45, 2.75) is 0 Å². The number of ether oxygens (including phenoxy) is 1. The van der Waals surface area contributed by atoms with Crippen molar-refractivity contribution in [1.29, 1.82) is 5.26 Å². The number of hydrogen-bond acceptors (Lipinski definition) is 7. The van der Waals surface area contributed by atoms with Crippen molar-refractivity contribution >= 4 is 57.6 Å². The SMILES string of the molecule is N#CCOC(=O)N1CCN(c2nc(Cl)nc3c(Cl)c(Cl)ncc23)CC1. The van der Waals surface area contributed by atoms with E-state index in [-0.39, 0.29) is 22.1 Å². The van der Waals surface area contributed by atoms with Crippen LogP contribution in [0.4, 0.5) is 10.6 Å². The molecule has 1 saturated heterocycles. The van der Waals surface area contributed by atoms with Crippen molar-refractivity contribution in [2.75, 3.05) is 37.7 Å². The molecule has 11 heteroatoms. The second-order valence-corrected chi connectivity index (χ2v) is 6.20.